The highest BCUT2D eigenvalue weighted by Crippen LogP contribution is 2.18. The first kappa shape index (κ1) is 20.4. The van der Waals surface area contributed by atoms with Crippen molar-refractivity contribution in [2.45, 2.75) is 31.5 Å². The number of carbonyl (C=O) groups excluding carboxylic acids is 1. The predicted octanol–water partition coefficient (Wildman–Crippen LogP) is 3.91. The maximum Gasteiger partial charge on any atom is 0.262 e. The molecule has 0 aliphatic rings. The molecular weight excluding hydrogens is 394 g/mol. The van der Waals surface area contributed by atoms with Crippen LogP contribution in [0, 0.1) is 0 Å². The van der Waals surface area contributed by atoms with E-state index in [0.29, 0.717) is 34.2 Å². The second-order valence-electron chi connectivity index (χ2n) is 6.38. The van der Waals surface area contributed by atoms with Gasteiger partial charge in [-0.3, -0.25) is 14.2 Å². The highest BCUT2D eigenvalue weighted by molar-refractivity contribution is 7.99. The van der Waals surface area contributed by atoms with Crippen molar-refractivity contribution in [3.05, 3.63) is 69.5 Å². The molecule has 1 heterocycles. The predicted molar refractivity (Wildman–Crippen MR) is 115 cm³/mol. The summed E-state index contributed by atoms with van der Waals surface area (Å²) in [5.74, 6) is 0.138. The molecule has 1 aromatic heterocycles. The summed E-state index contributed by atoms with van der Waals surface area (Å²) < 4.78 is 1.66. The van der Waals surface area contributed by atoms with Crippen LogP contribution in [0.4, 0.5) is 0 Å². The fourth-order valence-electron chi connectivity index (χ4n) is 2.86. The third-order valence-electron chi connectivity index (χ3n) is 4.26. The van der Waals surface area contributed by atoms with Crippen LogP contribution in [0.15, 0.2) is 58.5 Å². The maximum absolute atomic E-state index is 12.7. The molecule has 0 aliphatic carbocycles. The van der Waals surface area contributed by atoms with E-state index in [1.807, 2.05) is 49.4 Å². The number of fused-ring (bicyclic) bond motifs is 1. The summed E-state index contributed by atoms with van der Waals surface area (Å²) in [6.45, 7) is 3.14. The molecule has 0 radical (unpaired) electrons. The van der Waals surface area contributed by atoms with Gasteiger partial charge in [0.1, 0.15) is 0 Å². The Morgan fingerprint density at radius 2 is 1.93 bits per heavy atom. The van der Waals surface area contributed by atoms with Crippen molar-refractivity contribution in [1.29, 1.82) is 0 Å². The molecule has 0 fully saturated rings. The van der Waals surface area contributed by atoms with Crippen LogP contribution in [0.2, 0.25) is 5.02 Å². The van der Waals surface area contributed by atoms with Gasteiger partial charge in [-0.2, -0.15) is 0 Å². The van der Waals surface area contributed by atoms with Gasteiger partial charge in [-0.25, -0.2) is 4.98 Å². The van der Waals surface area contributed by atoms with Crippen LogP contribution in [0.5, 0.6) is 0 Å². The van der Waals surface area contributed by atoms with Gasteiger partial charge in [-0.1, -0.05) is 54.6 Å². The summed E-state index contributed by atoms with van der Waals surface area (Å²) in [7, 11) is 0. The molecule has 3 rings (SSSR count). The largest absolute Gasteiger partial charge is 0.355 e. The third kappa shape index (κ3) is 5.14. The summed E-state index contributed by atoms with van der Waals surface area (Å²) in [6.07, 6.45) is 1.56. The zero-order valence-corrected chi connectivity index (χ0v) is 17.2. The Morgan fingerprint density at radius 3 is 2.68 bits per heavy atom. The lowest BCUT2D eigenvalue weighted by Crippen LogP contribution is -2.28. The van der Waals surface area contributed by atoms with E-state index in [1.165, 1.54) is 11.8 Å². The standard InChI is InChI=1S/C21H22ClN3O2S/c1-2-13-25-20(27)17-5-3-4-6-18(17)24-21(25)28-14-19(26)23-12-11-15-7-9-16(22)10-8-15/h3-10H,2,11-14H2,1H3,(H,23,26). The summed E-state index contributed by atoms with van der Waals surface area (Å²) >= 11 is 7.17. The second-order valence-corrected chi connectivity index (χ2v) is 7.76. The first-order chi connectivity index (χ1) is 13.6. The van der Waals surface area contributed by atoms with Crippen LogP contribution in [0.25, 0.3) is 10.9 Å². The quantitative estimate of drug-likeness (QED) is 0.447. The first-order valence-corrected chi connectivity index (χ1v) is 10.6. The minimum Gasteiger partial charge on any atom is -0.355 e. The van der Waals surface area contributed by atoms with Gasteiger partial charge in [0, 0.05) is 18.1 Å². The van der Waals surface area contributed by atoms with E-state index >= 15 is 0 Å². The Hall–Kier alpha value is -2.31. The number of amides is 1. The van der Waals surface area contributed by atoms with E-state index in [2.05, 4.69) is 10.3 Å². The average molecular weight is 416 g/mol. The molecule has 0 atom stereocenters. The minimum atomic E-state index is -0.0792. The van der Waals surface area contributed by atoms with Crippen LogP contribution < -0.4 is 10.9 Å². The zero-order valence-electron chi connectivity index (χ0n) is 15.7. The molecule has 2 aromatic carbocycles. The first-order valence-electron chi connectivity index (χ1n) is 9.22. The molecule has 28 heavy (non-hydrogen) atoms. The van der Waals surface area contributed by atoms with Gasteiger partial charge < -0.3 is 5.32 Å². The van der Waals surface area contributed by atoms with Crippen molar-refractivity contribution < 1.29 is 4.79 Å². The lowest BCUT2D eigenvalue weighted by Gasteiger charge is -2.12. The van der Waals surface area contributed by atoms with Crippen molar-refractivity contribution in [1.82, 2.24) is 14.9 Å². The molecule has 3 aromatic rings. The lowest BCUT2D eigenvalue weighted by atomic mass is 10.1. The molecule has 0 bridgehead atoms. The topological polar surface area (TPSA) is 64.0 Å². The SMILES string of the molecule is CCCn1c(SCC(=O)NCCc2ccc(Cl)cc2)nc2ccccc2c1=O. The number of rotatable bonds is 8. The van der Waals surface area contributed by atoms with Crippen molar-refractivity contribution in [3.8, 4) is 0 Å². The van der Waals surface area contributed by atoms with Gasteiger partial charge in [0.05, 0.1) is 16.7 Å². The van der Waals surface area contributed by atoms with Gasteiger partial charge >= 0.3 is 0 Å². The number of thioether (sulfide) groups is 1. The minimum absolute atomic E-state index is 0.0573. The van der Waals surface area contributed by atoms with Gasteiger partial charge in [0.15, 0.2) is 5.16 Å². The number of nitrogens with zero attached hydrogens (tertiary/aromatic N) is 2. The highest BCUT2D eigenvalue weighted by Gasteiger charge is 2.12. The third-order valence-corrected chi connectivity index (χ3v) is 5.48. The van der Waals surface area contributed by atoms with Crippen LogP contribution in [0.1, 0.15) is 18.9 Å². The Labute approximate surface area is 173 Å². The molecule has 0 aliphatic heterocycles. The second kappa shape index (κ2) is 9.75. The molecular formula is C21H22ClN3O2S. The van der Waals surface area contributed by atoms with Gasteiger partial charge in [-0.05, 0) is 42.7 Å². The van der Waals surface area contributed by atoms with E-state index in [4.69, 9.17) is 11.6 Å². The van der Waals surface area contributed by atoms with Crippen LogP contribution >= 0.6 is 23.4 Å². The number of carbonyl (C=O) groups is 1. The smallest absolute Gasteiger partial charge is 0.262 e. The van der Waals surface area contributed by atoms with E-state index in [0.717, 1.165) is 18.4 Å². The molecule has 0 spiro atoms. The normalized spacial score (nSPS) is 10.9. The molecule has 146 valence electrons. The summed E-state index contributed by atoms with van der Waals surface area (Å²) in [5.41, 5.74) is 1.72. The van der Waals surface area contributed by atoms with E-state index in [1.54, 1.807) is 10.6 Å². The number of benzene rings is 2. The van der Waals surface area contributed by atoms with Crippen molar-refractivity contribution in [2.24, 2.45) is 0 Å². The van der Waals surface area contributed by atoms with Crippen molar-refractivity contribution in [3.63, 3.8) is 0 Å². The Kier molecular flexibility index (Phi) is 7.12. The Balaban J connectivity index is 1.62. The average Bonchev–Trinajstić information content (AvgIpc) is 2.70. The van der Waals surface area contributed by atoms with Crippen molar-refractivity contribution in [2.75, 3.05) is 12.3 Å². The molecule has 5 nitrogen and oxygen atoms in total. The van der Waals surface area contributed by atoms with Gasteiger partial charge in [0.2, 0.25) is 5.91 Å². The molecule has 1 N–H and O–H groups in total. The Bertz CT molecular complexity index is 1020. The van der Waals surface area contributed by atoms with E-state index in [9.17, 15) is 9.59 Å². The van der Waals surface area contributed by atoms with Gasteiger partial charge in [0.25, 0.3) is 5.56 Å². The highest BCUT2D eigenvalue weighted by atomic mass is 35.5. The fourth-order valence-corrected chi connectivity index (χ4v) is 3.84. The molecule has 0 saturated carbocycles. The van der Waals surface area contributed by atoms with E-state index in [-0.39, 0.29) is 17.2 Å². The monoisotopic (exact) mass is 415 g/mol. The van der Waals surface area contributed by atoms with Crippen LogP contribution in [-0.4, -0.2) is 27.8 Å². The van der Waals surface area contributed by atoms with Gasteiger partial charge in [-0.15, -0.1) is 0 Å². The number of nitrogens with one attached hydrogen (secondary N) is 1. The van der Waals surface area contributed by atoms with Crippen LogP contribution in [0.3, 0.4) is 0 Å². The number of halogens is 1. The zero-order chi connectivity index (χ0) is 19.9. The molecule has 7 heteroatoms. The molecule has 0 unspecified atom stereocenters. The number of hydrogen-bond donors (Lipinski definition) is 1. The summed E-state index contributed by atoms with van der Waals surface area (Å²) in [5, 5.41) is 4.80. The van der Waals surface area contributed by atoms with Crippen molar-refractivity contribution >= 4 is 40.2 Å². The maximum atomic E-state index is 12.7. The van der Waals surface area contributed by atoms with E-state index < -0.39 is 0 Å². The number of aromatic nitrogens is 2. The lowest BCUT2D eigenvalue weighted by molar-refractivity contribution is -0.118. The summed E-state index contributed by atoms with van der Waals surface area (Å²) in [6, 6.07) is 14.9. The number of para-hydroxylation sites is 1. The number of hydrogen-bond acceptors (Lipinski definition) is 4. The Morgan fingerprint density at radius 1 is 1.18 bits per heavy atom. The van der Waals surface area contributed by atoms with Crippen LogP contribution in [-0.2, 0) is 17.8 Å². The summed E-state index contributed by atoms with van der Waals surface area (Å²) in [4.78, 5) is 29.5. The molecule has 1 amide bonds. The molecule has 0 saturated heterocycles. The fraction of sp³-hybridized carbons (Fsp3) is 0.286.